The molecule has 1 aromatic carbocycles. The lowest BCUT2D eigenvalue weighted by Gasteiger charge is -2.29. The van der Waals surface area contributed by atoms with Gasteiger partial charge in [0.15, 0.2) is 15.9 Å². The number of rotatable bonds is 5. The van der Waals surface area contributed by atoms with Crippen molar-refractivity contribution in [2.24, 2.45) is 0 Å². The van der Waals surface area contributed by atoms with Gasteiger partial charge in [-0.2, -0.15) is 0 Å². The van der Waals surface area contributed by atoms with E-state index in [2.05, 4.69) is 0 Å². The van der Waals surface area contributed by atoms with Crippen molar-refractivity contribution in [1.82, 2.24) is 4.90 Å². The lowest BCUT2D eigenvalue weighted by molar-refractivity contribution is -0.141. The number of nitrogens with zero attached hydrogens (tertiary/aromatic N) is 1. The minimum Gasteiger partial charge on any atom is -0.449 e. The first-order chi connectivity index (χ1) is 11.7. The van der Waals surface area contributed by atoms with Crippen molar-refractivity contribution in [2.45, 2.75) is 32.4 Å². The molecule has 0 spiro atoms. The van der Waals surface area contributed by atoms with Crippen molar-refractivity contribution in [1.29, 1.82) is 0 Å². The van der Waals surface area contributed by atoms with Gasteiger partial charge in [-0.05, 0) is 32.4 Å². The summed E-state index contributed by atoms with van der Waals surface area (Å²) in [5, 5.41) is 0.222. The third-order valence-corrected chi connectivity index (χ3v) is 6.26. The number of hydrogen-bond donors (Lipinski definition) is 1. The van der Waals surface area contributed by atoms with E-state index in [1.807, 2.05) is 0 Å². The molecule has 1 aliphatic heterocycles. The lowest BCUT2D eigenvalue weighted by Crippen LogP contribution is -2.46. The van der Waals surface area contributed by atoms with E-state index in [1.165, 1.54) is 17.9 Å². The highest BCUT2D eigenvalue weighted by Gasteiger charge is 2.36. The highest BCUT2D eigenvalue weighted by Crippen LogP contribution is 2.24. The average Bonchev–Trinajstić information content (AvgIpc) is 2.90. The summed E-state index contributed by atoms with van der Waals surface area (Å²) in [5.74, 6) is -1.18. The Kier molecular flexibility index (Phi) is 5.95. The van der Waals surface area contributed by atoms with Gasteiger partial charge in [0, 0.05) is 12.6 Å². The zero-order chi connectivity index (χ0) is 18.8. The zero-order valence-electron chi connectivity index (χ0n) is 14.1. The molecule has 1 heterocycles. The van der Waals surface area contributed by atoms with Gasteiger partial charge < -0.3 is 15.4 Å². The van der Waals surface area contributed by atoms with Crippen molar-refractivity contribution in [3.8, 4) is 0 Å². The number of hydrogen-bond acceptors (Lipinski definition) is 6. The first-order valence-corrected chi connectivity index (χ1v) is 10.1. The molecule has 7 nitrogen and oxygen atoms in total. The smallest absolute Gasteiger partial charge is 0.341 e. The molecule has 1 aromatic rings. The summed E-state index contributed by atoms with van der Waals surface area (Å²) in [6.07, 6.45) is -0.668. The minimum absolute atomic E-state index is 0.0610. The third kappa shape index (κ3) is 4.43. The molecule has 0 saturated carbocycles. The summed E-state index contributed by atoms with van der Waals surface area (Å²) in [7, 11) is -3.12. The number of benzene rings is 1. The van der Waals surface area contributed by atoms with Gasteiger partial charge in [0.2, 0.25) is 0 Å². The summed E-state index contributed by atoms with van der Waals surface area (Å²) in [6, 6.07) is 4.17. The van der Waals surface area contributed by atoms with E-state index in [9.17, 15) is 18.0 Å². The molecule has 0 aliphatic carbocycles. The Bertz CT molecular complexity index is 781. The molecular weight excluding hydrogens is 368 g/mol. The predicted octanol–water partition coefficient (Wildman–Crippen LogP) is 1.50. The normalized spacial score (nSPS) is 20.0. The molecular formula is C16H21ClN2O5S. The van der Waals surface area contributed by atoms with Gasteiger partial charge in [-0.3, -0.25) is 4.79 Å². The monoisotopic (exact) mass is 388 g/mol. The van der Waals surface area contributed by atoms with Crippen molar-refractivity contribution >= 4 is 39.0 Å². The summed E-state index contributed by atoms with van der Waals surface area (Å²) >= 11 is 5.88. The Labute approximate surface area is 152 Å². The molecule has 2 unspecified atom stereocenters. The van der Waals surface area contributed by atoms with Gasteiger partial charge in [-0.25, -0.2) is 13.2 Å². The number of nitrogens with two attached hydrogens (primary N) is 1. The molecule has 1 saturated heterocycles. The van der Waals surface area contributed by atoms with Crippen molar-refractivity contribution in [3.63, 3.8) is 0 Å². The van der Waals surface area contributed by atoms with E-state index in [0.29, 0.717) is 13.0 Å². The van der Waals surface area contributed by atoms with Gasteiger partial charge in [-0.1, -0.05) is 17.7 Å². The number of carbonyl (C=O) groups excluding carboxylic acids is 2. The summed E-state index contributed by atoms with van der Waals surface area (Å²) < 4.78 is 28.5. The van der Waals surface area contributed by atoms with Crippen LogP contribution in [0.5, 0.6) is 0 Å². The van der Waals surface area contributed by atoms with Gasteiger partial charge in [0.25, 0.3) is 5.91 Å². The van der Waals surface area contributed by atoms with Crippen LogP contribution in [0.1, 0.15) is 30.6 Å². The average molecular weight is 389 g/mol. The number of esters is 1. The molecule has 0 bridgehead atoms. The molecule has 0 aromatic heterocycles. The molecule has 1 aliphatic rings. The standard InChI is InChI=1S/C16H21ClN2O5S/c1-3-19(11-7-8-25(22,23)9-11)15(20)10(2)24-16(21)12-5-4-6-13(17)14(12)18/h4-6,10-11H,3,7-9,18H2,1-2H3. The number of amides is 1. The highest BCUT2D eigenvalue weighted by atomic mass is 35.5. The topological polar surface area (TPSA) is 107 Å². The second kappa shape index (κ2) is 7.61. The Hall–Kier alpha value is -1.80. The highest BCUT2D eigenvalue weighted by molar-refractivity contribution is 7.91. The van der Waals surface area contributed by atoms with Crippen molar-refractivity contribution < 1.29 is 22.7 Å². The van der Waals surface area contributed by atoms with Gasteiger partial charge in [-0.15, -0.1) is 0 Å². The molecule has 9 heteroatoms. The van der Waals surface area contributed by atoms with E-state index in [-0.39, 0.29) is 33.8 Å². The van der Waals surface area contributed by atoms with Crippen LogP contribution in [0.15, 0.2) is 18.2 Å². The SMILES string of the molecule is CCN(C(=O)C(C)OC(=O)c1cccc(Cl)c1N)C1CCS(=O)(=O)C1. The number of para-hydroxylation sites is 1. The number of likely N-dealkylation sites (N-methyl/N-ethyl adjacent to an activating group) is 1. The first-order valence-electron chi connectivity index (χ1n) is 7.92. The molecule has 2 rings (SSSR count). The van der Waals surface area contributed by atoms with Crippen molar-refractivity contribution in [2.75, 3.05) is 23.8 Å². The van der Waals surface area contributed by atoms with Crippen LogP contribution in [-0.2, 0) is 19.4 Å². The lowest BCUT2D eigenvalue weighted by atomic mass is 10.1. The number of ether oxygens (including phenoxy) is 1. The van der Waals surface area contributed by atoms with Crippen LogP contribution in [-0.4, -0.2) is 55.4 Å². The van der Waals surface area contributed by atoms with Gasteiger partial charge in [0.1, 0.15) is 0 Å². The van der Waals surface area contributed by atoms with Gasteiger partial charge in [0.05, 0.1) is 27.8 Å². The molecule has 2 atom stereocenters. The molecule has 1 fully saturated rings. The maximum Gasteiger partial charge on any atom is 0.341 e. The zero-order valence-corrected chi connectivity index (χ0v) is 15.6. The second-order valence-corrected chi connectivity index (χ2v) is 8.57. The number of halogens is 1. The molecule has 25 heavy (non-hydrogen) atoms. The fourth-order valence-corrected chi connectivity index (χ4v) is 4.74. The predicted molar refractivity (Wildman–Crippen MR) is 95.2 cm³/mol. The van der Waals surface area contributed by atoms with Crippen LogP contribution in [0.3, 0.4) is 0 Å². The summed E-state index contributed by atoms with van der Waals surface area (Å²) in [4.78, 5) is 26.3. The summed E-state index contributed by atoms with van der Waals surface area (Å²) in [5.41, 5.74) is 5.92. The van der Waals surface area contributed by atoms with E-state index in [4.69, 9.17) is 22.1 Å². The molecule has 0 radical (unpaired) electrons. The Morgan fingerprint density at radius 3 is 2.68 bits per heavy atom. The molecule has 2 N–H and O–H groups in total. The molecule has 1 amide bonds. The van der Waals surface area contributed by atoms with Gasteiger partial charge >= 0.3 is 5.97 Å². The van der Waals surface area contributed by atoms with Crippen molar-refractivity contribution in [3.05, 3.63) is 28.8 Å². The van der Waals surface area contributed by atoms with Crippen LogP contribution in [0, 0.1) is 0 Å². The maximum atomic E-state index is 12.6. The van der Waals surface area contributed by atoms with E-state index in [1.54, 1.807) is 19.1 Å². The molecule has 138 valence electrons. The maximum absolute atomic E-state index is 12.6. The number of sulfone groups is 1. The second-order valence-electron chi connectivity index (χ2n) is 5.93. The quantitative estimate of drug-likeness (QED) is 0.605. The number of carbonyl (C=O) groups is 2. The largest absolute Gasteiger partial charge is 0.449 e. The van der Waals surface area contributed by atoms with E-state index < -0.39 is 27.8 Å². The Balaban J connectivity index is 2.08. The third-order valence-electron chi connectivity index (χ3n) is 4.18. The fraction of sp³-hybridized carbons (Fsp3) is 0.500. The number of anilines is 1. The van der Waals surface area contributed by atoms with Crippen LogP contribution in [0.2, 0.25) is 5.02 Å². The van der Waals surface area contributed by atoms with Crippen LogP contribution >= 0.6 is 11.6 Å². The van der Waals surface area contributed by atoms with E-state index >= 15 is 0 Å². The Morgan fingerprint density at radius 2 is 2.12 bits per heavy atom. The fourth-order valence-electron chi connectivity index (χ4n) is 2.84. The Morgan fingerprint density at radius 1 is 1.44 bits per heavy atom. The van der Waals surface area contributed by atoms with Crippen LogP contribution in [0.4, 0.5) is 5.69 Å². The first kappa shape index (κ1) is 19.5. The minimum atomic E-state index is -3.12. The van der Waals surface area contributed by atoms with Crippen LogP contribution < -0.4 is 5.73 Å². The van der Waals surface area contributed by atoms with Crippen LogP contribution in [0.25, 0.3) is 0 Å². The number of nitrogen functional groups attached to an aromatic ring is 1. The summed E-state index contributed by atoms with van der Waals surface area (Å²) in [6.45, 7) is 3.54. The van der Waals surface area contributed by atoms with E-state index in [0.717, 1.165) is 0 Å².